The molecule has 1 amide bonds. The highest BCUT2D eigenvalue weighted by Crippen LogP contribution is 2.30. The first-order valence-electron chi connectivity index (χ1n) is 7.31. The lowest BCUT2D eigenvalue weighted by Crippen LogP contribution is -2.46. The molecule has 2 aliphatic heterocycles. The summed E-state index contributed by atoms with van der Waals surface area (Å²) < 4.78 is 24.8. The van der Waals surface area contributed by atoms with Crippen molar-refractivity contribution in [3.63, 3.8) is 0 Å². The summed E-state index contributed by atoms with van der Waals surface area (Å²) in [5, 5.41) is 0. The lowest BCUT2D eigenvalue weighted by atomic mass is 9.98. The summed E-state index contributed by atoms with van der Waals surface area (Å²) in [6.07, 6.45) is 3.61. The minimum Gasteiger partial charge on any atom is -0.312 e. The van der Waals surface area contributed by atoms with E-state index in [9.17, 15) is 13.2 Å². The van der Waals surface area contributed by atoms with Crippen LogP contribution < -0.4 is 4.90 Å². The van der Waals surface area contributed by atoms with Crippen LogP contribution in [0.2, 0.25) is 0 Å². The molecule has 3 rings (SSSR count). The van der Waals surface area contributed by atoms with Crippen LogP contribution in [-0.2, 0) is 21.2 Å². The van der Waals surface area contributed by atoms with Crippen LogP contribution in [0.1, 0.15) is 18.4 Å². The fourth-order valence-corrected chi connectivity index (χ4v) is 4.14. The van der Waals surface area contributed by atoms with Crippen LogP contribution in [0.3, 0.4) is 0 Å². The van der Waals surface area contributed by atoms with Gasteiger partial charge in [0.05, 0.1) is 12.2 Å². The number of hydrogen-bond donors (Lipinski definition) is 0. The SMILES string of the molecule is CS(=O)(=O)N1CCC[C@@H](C(=O)N2CCc3ccccc32)C1. The van der Waals surface area contributed by atoms with E-state index in [4.69, 9.17) is 0 Å². The number of piperidine rings is 1. The summed E-state index contributed by atoms with van der Waals surface area (Å²) in [5.41, 5.74) is 2.18. The summed E-state index contributed by atoms with van der Waals surface area (Å²) in [6.45, 7) is 1.54. The first-order valence-corrected chi connectivity index (χ1v) is 9.16. The van der Waals surface area contributed by atoms with E-state index < -0.39 is 10.0 Å². The van der Waals surface area contributed by atoms with Gasteiger partial charge in [-0.25, -0.2) is 12.7 Å². The van der Waals surface area contributed by atoms with Crippen molar-refractivity contribution in [2.24, 2.45) is 5.92 Å². The van der Waals surface area contributed by atoms with Gasteiger partial charge in [-0.2, -0.15) is 0 Å². The van der Waals surface area contributed by atoms with Crippen LogP contribution in [0.25, 0.3) is 0 Å². The van der Waals surface area contributed by atoms with Gasteiger partial charge in [0.15, 0.2) is 0 Å². The number of amides is 1. The first-order chi connectivity index (χ1) is 9.97. The predicted molar refractivity (Wildman–Crippen MR) is 81.6 cm³/mol. The maximum atomic E-state index is 12.7. The lowest BCUT2D eigenvalue weighted by Gasteiger charge is -2.32. The van der Waals surface area contributed by atoms with Crippen LogP contribution >= 0.6 is 0 Å². The number of para-hydroxylation sites is 1. The highest BCUT2D eigenvalue weighted by atomic mass is 32.2. The first kappa shape index (κ1) is 14.5. The number of hydrogen-bond acceptors (Lipinski definition) is 3. The number of anilines is 1. The van der Waals surface area contributed by atoms with E-state index in [1.54, 1.807) is 0 Å². The molecule has 0 aliphatic carbocycles. The fraction of sp³-hybridized carbons (Fsp3) is 0.533. The zero-order valence-electron chi connectivity index (χ0n) is 12.2. The van der Waals surface area contributed by atoms with Gasteiger partial charge in [-0.15, -0.1) is 0 Å². The van der Waals surface area contributed by atoms with Crippen molar-refractivity contribution in [2.45, 2.75) is 19.3 Å². The lowest BCUT2D eigenvalue weighted by molar-refractivity contribution is -0.123. The van der Waals surface area contributed by atoms with Crippen molar-refractivity contribution in [2.75, 3.05) is 30.8 Å². The summed E-state index contributed by atoms with van der Waals surface area (Å²) in [4.78, 5) is 14.6. The molecular formula is C15H20N2O3S. The molecule has 1 aromatic rings. The largest absolute Gasteiger partial charge is 0.312 e. The van der Waals surface area contributed by atoms with Crippen LogP contribution in [0, 0.1) is 5.92 Å². The predicted octanol–water partition coefficient (Wildman–Crippen LogP) is 1.25. The Morgan fingerprint density at radius 2 is 2.00 bits per heavy atom. The Balaban J connectivity index is 1.77. The molecule has 21 heavy (non-hydrogen) atoms. The van der Waals surface area contributed by atoms with Crippen molar-refractivity contribution in [1.29, 1.82) is 0 Å². The summed E-state index contributed by atoms with van der Waals surface area (Å²) in [5.74, 6) is -0.159. The second-order valence-electron chi connectivity index (χ2n) is 5.83. The third-order valence-corrected chi connectivity index (χ3v) is 5.63. The van der Waals surface area contributed by atoms with Gasteiger partial charge >= 0.3 is 0 Å². The zero-order valence-corrected chi connectivity index (χ0v) is 13.0. The van der Waals surface area contributed by atoms with Crippen molar-refractivity contribution in [3.05, 3.63) is 29.8 Å². The van der Waals surface area contributed by atoms with Crippen LogP contribution in [0.15, 0.2) is 24.3 Å². The Morgan fingerprint density at radius 3 is 2.76 bits per heavy atom. The van der Waals surface area contributed by atoms with Gasteiger partial charge in [-0.1, -0.05) is 18.2 Å². The van der Waals surface area contributed by atoms with Crippen LogP contribution in [-0.4, -0.2) is 44.5 Å². The normalized spacial score (nSPS) is 23.1. The Kier molecular flexibility index (Phi) is 3.75. The minimum absolute atomic E-state index is 0.0632. The molecule has 2 aliphatic rings. The van der Waals surface area contributed by atoms with E-state index >= 15 is 0 Å². The molecule has 6 heteroatoms. The van der Waals surface area contributed by atoms with E-state index in [-0.39, 0.29) is 11.8 Å². The van der Waals surface area contributed by atoms with Gasteiger partial charge in [0.2, 0.25) is 15.9 Å². The maximum Gasteiger partial charge on any atom is 0.231 e. The van der Waals surface area contributed by atoms with Gasteiger partial charge in [0.25, 0.3) is 0 Å². The number of sulfonamides is 1. The molecule has 1 fully saturated rings. The van der Waals surface area contributed by atoms with Crippen molar-refractivity contribution in [3.8, 4) is 0 Å². The summed E-state index contributed by atoms with van der Waals surface area (Å²) in [6, 6.07) is 7.94. The standard InChI is InChI=1S/C15H20N2O3S/c1-21(19,20)16-9-4-6-13(11-16)15(18)17-10-8-12-5-2-3-7-14(12)17/h2-3,5,7,13H,4,6,8-11H2,1H3/t13-/m1/s1. The van der Waals surface area contributed by atoms with Crippen molar-refractivity contribution >= 4 is 21.6 Å². The number of carbonyl (C=O) groups is 1. The molecule has 0 aromatic heterocycles. The molecule has 2 heterocycles. The number of rotatable bonds is 2. The van der Waals surface area contributed by atoms with Crippen LogP contribution in [0.4, 0.5) is 5.69 Å². The van der Waals surface area contributed by atoms with Crippen molar-refractivity contribution in [1.82, 2.24) is 4.31 Å². The molecule has 0 bridgehead atoms. The smallest absolute Gasteiger partial charge is 0.231 e. The molecule has 114 valence electrons. The molecule has 1 saturated heterocycles. The molecular weight excluding hydrogens is 288 g/mol. The third-order valence-electron chi connectivity index (χ3n) is 4.36. The molecule has 0 saturated carbocycles. The topological polar surface area (TPSA) is 57.7 Å². The molecule has 1 aromatic carbocycles. The summed E-state index contributed by atoms with van der Waals surface area (Å²) in [7, 11) is -3.21. The molecule has 0 unspecified atom stereocenters. The highest BCUT2D eigenvalue weighted by Gasteiger charge is 2.34. The number of benzene rings is 1. The molecule has 5 nitrogen and oxygen atoms in total. The number of nitrogens with zero attached hydrogens (tertiary/aromatic N) is 2. The number of fused-ring (bicyclic) bond motifs is 1. The van der Waals surface area contributed by atoms with E-state index in [2.05, 4.69) is 0 Å². The van der Waals surface area contributed by atoms with Gasteiger partial charge < -0.3 is 4.90 Å². The zero-order chi connectivity index (χ0) is 15.0. The third kappa shape index (κ3) is 2.82. The Bertz CT molecular complexity index is 657. The van der Waals surface area contributed by atoms with Gasteiger partial charge in [-0.05, 0) is 30.9 Å². The highest BCUT2D eigenvalue weighted by molar-refractivity contribution is 7.88. The van der Waals surface area contributed by atoms with E-state index in [1.165, 1.54) is 16.1 Å². The average molecular weight is 308 g/mol. The molecule has 0 radical (unpaired) electrons. The van der Waals surface area contributed by atoms with E-state index in [0.29, 0.717) is 19.6 Å². The molecule has 0 N–H and O–H groups in total. The minimum atomic E-state index is -3.21. The Labute approximate surface area is 125 Å². The Hall–Kier alpha value is -1.40. The van der Waals surface area contributed by atoms with Crippen molar-refractivity contribution < 1.29 is 13.2 Å². The quantitative estimate of drug-likeness (QED) is 0.826. The summed E-state index contributed by atoms with van der Waals surface area (Å²) >= 11 is 0. The van der Waals surface area contributed by atoms with Gasteiger partial charge in [-0.3, -0.25) is 4.79 Å². The maximum absolute atomic E-state index is 12.7. The van der Waals surface area contributed by atoms with Gasteiger partial charge in [0.1, 0.15) is 0 Å². The second-order valence-corrected chi connectivity index (χ2v) is 7.81. The monoisotopic (exact) mass is 308 g/mol. The molecule has 1 atom stereocenters. The second kappa shape index (κ2) is 5.42. The van der Waals surface area contributed by atoms with Crippen LogP contribution in [0.5, 0.6) is 0 Å². The van der Waals surface area contributed by atoms with E-state index in [0.717, 1.165) is 24.9 Å². The number of carbonyl (C=O) groups excluding carboxylic acids is 1. The van der Waals surface area contributed by atoms with E-state index in [1.807, 2.05) is 29.2 Å². The fourth-order valence-electron chi connectivity index (χ4n) is 3.23. The Morgan fingerprint density at radius 1 is 1.24 bits per heavy atom. The van der Waals surface area contributed by atoms with Gasteiger partial charge in [0, 0.05) is 25.3 Å². The average Bonchev–Trinajstić information content (AvgIpc) is 2.90. The molecule has 0 spiro atoms.